The third-order valence-corrected chi connectivity index (χ3v) is 3.19. The van der Waals surface area contributed by atoms with E-state index in [1.165, 1.54) is 11.3 Å². The van der Waals surface area contributed by atoms with Crippen LogP contribution in [0.1, 0.15) is 15.2 Å². The van der Waals surface area contributed by atoms with Crippen LogP contribution in [0.15, 0.2) is 24.3 Å². The second kappa shape index (κ2) is 3.36. The van der Waals surface area contributed by atoms with E-state index in [1.54, 1.807) is 18.2 Å². The number of benzene rings is 1. The Balaban J connectivity index is 2.75. The molecule has 0 unspecified atom stereocenters. The number of nitrogens with one attached hydrogen (secondary N) is 1. The zero-order chi connectivity index (χ0) is 11.0. The molecule has 2 aromatic rings. The molecule has 1 aromatic heterocycles. The van der Waals surface area contributed by atoms with Crippen LogP contribution in [-0.2, 0) is 0 Å². The zero-order valence-corrected chi connectivity index (χ0v) is 8.47. The highest BCUT2D eigenvalue weighted by Gasteiger charge is 2.11. The summed E-state index contributed by atoms with van der Waals surface area (Å²) in [5.41, 5.74) is 5.60. The summed E-state index contributed by atoms with van der Waals surface area (Å²) in [5.74, 6) is -0.999. The van der Waals surface area contributed by atoms with E-state index in [9.17, 15) is 4.79 Å². The number of hydrogen-bond donors (Lipinski definition) is 3. The lowest BCUT2D eigenvalue weighted by atomic mass is 10.1. The van der Waals surface area contributed by atoms with Crippen molar-refractivity contribution in [1.82, 2.24) is 0 Å². The van der Waals surface area contributed by atoms with Gasteiger partial charge < -0.3 is 10.8 Å². The lowest BCUT2D eigenvalue weighted by Gasteiger charge is -1.94. The first-order chi connectivity index (χ1) is 7.09. The number of hydrogen-bond acceptors (Lipinski definition) is 3. The molecule has 76 valence electrons. The van der Waals surface area contributed by atoms with Crippen LogP contribution in [0.2, 0.25) is 0 Å². The highest BCUT2D eigenvalue weighted by molar-refractivity contribution is 7.20. The van der Waals surface area contributed by atoms with Crippen molar-refractivity contribution in [3.63, 3.8) is 0 Å². The number of carboxylic acid groups (broad SMARTS) is 1. The van der Waals surface area contributed by atoms with E-state index in [-0.39, 0.29) is 11.4 Å². The molecule has 0 spiro atoms. The maximum Gasteiger partial charge on any atom is 0.336 e. The fourth-order valence-electron chi connectivity index (χ4n) is 1.38. The predicted octanol–water partition coefficient (Wildman–Crippen LogP) is 1.88. The average molecular weight is 220 g/mol. The molecule has 0 aliphatic rings. The van der Waals surface area contributed by atoms with Crippen molar-refractivity contribution in [1.29, 1.82) is 5.41 Å². The average Bonchev–Trinajstić information content (AvgIpc) is 2.60. The Kier molecular flexibility index (Phi) is 2.17. The van der Waals surface area contributed by atoms with Crippen LogP contribution in [0.25, 0.3) is 10.1 Å². The lowest BCUT2D eigenvalue weighted by Crippen LogP contribution is -2.08. The summed E-state index contributed by atoms with van der Waals surface area (Å²) in [6.07, 6.45) is 0. The first-order valence-corrected chi connectivity index (χ1v) is 5.01. The highest BCUT2D eigenvalue weighted by Crippen LogP contribution is 2.28. The van der Waals surface area contributed by atoms with Gasteiger partial charge in [0.15, 0.2) is 0 Å². The molecule has 4 N–H and O–H groups in total. The van der Waals surface area contributed by atoms with Crippen molar-refractivity contribution in [3.8, 4) is 0 Å². The van der Waals surface area contributed by atoms with Crippen molar-refractivity contribution in [3.05, 3.63) is 34.7 Å². The summed E-state index contributed by atoms with van der Waals surface area (Å²) < 4.78 is 0.833. The van der Waals surface area contributed by atoms with Gasteiger partial charge in [-0.05, 0) is 18.2 Å². The summed E-state index contributed by atoms with van der Waals surface area (Å²) in [7, 11) is 0. The minimum atomic E-state index is -0.964. The molecule has 0 atom stereocenters. The first-order valence-electron chi connectivity index (χ1n) is 4.20. The van der Waals surface area contributed by atoms with Gasteiger partial charge in [-0.1, -0.05) is 6.07 Å². The standard InChI is InChI=1S/C10H8N2O2S/c11-9(12)8-4-6-5(10(13)14)2-1-3-7(6)15-8/h1-4H,(H3,11,12)(H,13,14). The quantitative estimate of drug-likeness (QED) is 0.533. The number of fused-ring (bicyclic) bond motifs is 1. The van der Waals surface area contributed by atoms with E-state index in [0.29, 0.717) is 10.3 Å². The third-order valence-electron chi connectivity index (χ3n) is 2.06. The number of carbonyl (C=O) groups is 1. The van der Waals surface area contributed by atoms with Gasteiger partial charge in [0, 0.05) is 10.1 Å². The lowest BCUT2D eigenvalue weighted by molar-refractivity contribution is 0.0699. The Morgan fingerprint density at radius 2 is 2.20 bits per heavy atom. The predicted molar refractivity (Wildman–Crippen MR) is 59.8 cm³/mol. The second-order valence-corrected chi connectivity index (χ2v) is 4.13. The molecule has 1 aromatic carbocycles. The monoisotopic (exact) mass is 220 g/mol. The van der Waals surface area contributed by atoms with E-state index in [4.69, 9.17) is 16.2 Å². The zero-order valence-electron chi connectivity index (χ0n) is 7.65. The number of nitrogen functional groups attached to an aromatic ring is 1. The molecule has 0 saturated carbocycles. The van der Waals surface area contributed by atoms with Gasteiger partial charge in [-0.15, -0.1) is 11.3 Å². The molecule has 0 aliphatic carbocycles. The molecule has 15 heavy (non-hydrogen) atoms. The van der Waals surface area contributed by atoms with Gasteiger partial charge in [0.05, 0.1) is 10.4 Å². The third kappa shape index (κ3) is 1.57. The van der Waals surface area contributed by atoms with Crippen molar-refractivity contribution in [2.24, 2.45) is 5.73 Å². The summed E-state index contributed by atoms with van der Waals surface area (Å²) in [6, 6.07) is 6.69. The number of thiophene rings is 1. The van der Waals surface area contributed by atoms with E-state index >= 15 is 0 Å². The summed E-state index contributed by atoms with van der Waals surface area (Å²) in [6.45, 7) is 0. The van der Waals surface area contributed by atoms with Gasteiger partial charge in [-0.25, -0.2) is 4.79 Å². The molecule has 0 saturated heterocycles. The number of carboxylic acids is 1. The SMILES string of the molecule is N=C(N)c1cc2c(C(=O)O)cccc2s1. The molecule has 1 heterocycles. The van der Waals surface area contributed by atoms with Gasteiger partial charge in [0.2, 0.25) is 0 Å². The van der Waals surface area contributed by atoms with Gasteiger partial charge in [-0.3, -0.25) is 5.41 Å². The van der Waals surface area contributed by atoms with Gasteiger partial charge >= 0.3 is 5.97 Å². The minimum absolute atomic E-state index is 0.0347. The Morgan fingerprint density at radius 1 is 1.47 bits per heavy atom. The molecule has 0 radical (unpaired) electrons. The largest absolute Gasteiger partial charge is 0.478 e. The molecule has 0 aliphatic heterocycles. The molecular formula is C10H8N2O2S. The normalized spacial score (nSPS) is 10.4. The number of aromatic carboxylic acids is 1. The molecule has 0 amide bonds. The summed E-state index contributed by atoms with van der Waals surface area (Å²) >= 11 is 1.32. The Hall–Kier alpha value is -1.88. The van der Waals surface area contributed by atoms with Crippen LogP contribution in [0.5, 0.6) is 0 Å². The molecule has 0 fully saturated rings. The van der Waals surface area contributed by atoms with Gasteiger partial charge in [0.1, 0.15) is 5.84 Å². The van der Waals surface area contributed by atoms with E-state index in [0.717, 1.165) is 4.70 Å². The Bertz CT molecular complexity index is 560. The molecule has 2 rings (SSSR count). The fourth-order valence-corrected chi connectivity index (χ4v) is 2.33. The fraction of sp³-hybridized carbons (Fsp3) is 0. The maximum absolute atomic E-state index is 10.9. The van der Waals surface area contributed by atoms with Gasteiger partial charge in [0.25, 0.3) is 0 Å². The second-order valence-electron chi connectivity index (χ2n) is 3.05. The number of nitrogens with two attached hydrogens (primary N) is 1. The van der Waals surface area contributed by atoms with Crippen LogP contribution in [0.4, 0.5) is 0 Å². The summed E-state index contributed by atoms with van der Waals surface area (Å²) in [4.78, 5) is 11.5. The van der Waals surface area contributed by atoms with Crippen molar-refractivity contribution >= 4 is 33.2 Å². The smallest absolute Gasteiger partial charge is 0.336 e. The van der Waals surface area contributed by atoms with Crippen LogP contribution >= 0.6 is 11.3 Å². The Labute approximate surface area is 89.5 Å². The van der Waals surface area contributed by atoms with Crippen molar-refractivity contribution < 1.29 is 9.90 Å². The van der Waals surface area contributed by atoms with E-state index in [1.807, 2.05) is 6.07 Å². The minimum Gasteiger partial charge on any atom is -0.478 e. The van der Waals surface area contributed by atoms with Crippen LogP contribution in [0.3, 0.4) is 0 Å². The van der Waals surface area contributed by atoms with Gasteiger partial charge in [-0.2, -0.15) is 0 Å². The highest BCUT2D eigenvalue weighted by atomic mass is 32.1. The van der Waals surface area contributed by atoms with E-state index in [2.05, 4.69) is 0 Å². The number of rotatable bonds is 2. The van der Waals surface area contributed by atoms with Crippen molar-refractivity contribution in [2.75, 3.05) is 0 Å². The van der Waals surface area contributed by atoms with Crippen LogP contribution in [0, 0.1) is 5.41 Å². The Morgan fingerprint density at radius 3 is 2.80 bits per heavy atom. The molecular weight excluding hydrogens is 212 g/mol. The van der Waals surface area contributed by atoms with Crippen LogP contribution < -0.4 is 5.73 Å². The maximum atomic E-state index is 10.9. The van der Waals surface area contributed by atoms with E-state index < -0.39 is 5.97 Å². The summed E-state index contributed by atoms with van der Waals surface area (Å²) in [5, 5.41) is 16.9. The molecule has 0 bridgehead atoms. The molecule has 4 nitrogen and oxygen atoms in total. The first kappa shape index (κ1) is 9.67. The van der Waals surface area contributed by atoms with Crippen LogP contribution in [-0.4, -0.2) is 16.9 Å². The topological polar surface area (TPSA) is 87.2 Å². The van der Waals surface area contributed by atoms with Crippen molar-refractivity contribution in [2.45, 2.75) is 0 Å². The number of amidine groups is 1. The molecule has 5 heteroatoms.